The van der Waals surface area contributed by atoms with Crippen molar-refractivity contribution in [2.75, 3.05) is 0 Å². The summed E-state index contributed by atoms with van der Waals surface area (Å²) >= 11 is 6.17. The van der Waals surface area contributed by atoms with Gasteiger partial charge in [-0.25, -0.2) is 0 Å². The number of halogens is 1. The van der Waals surface area contributed by atoms with Crippen LogP contribution in [0.25, 0.3) is 0 Å². The minimum atomic E-state index is -0.780. The van der Waals surface area contributed by atoms with Crippen molar-refractivity contribution in [1.29, 1.82) is 0 Å². The van der Waals surface area contributed by atoms with Gasteiger partial charge in [-0.2, -0.15) is 0 Å². The Morgan fingerprint density at radius 1 is 1.15 bits per heavy atom. The maximum Gasteiger partial charge on any atom is 0.217 e. The van der Waals surface area contributed by atoms with E-state index in [1.54, 1.807) is 0 Å². The molecule has 0 saturated heterocycles. The van der Waals surface area contributed by atoms with Crippen molar-refractivity contribution < 1.29 is 14.4 Å². The van der Waals surface area contributed by atoms with Gasteiger partial charge in [-0.15, -0.1) is 11.6 Å². The second-order valence-corrected chi connectivity index (χ2v) is 6.90. The van der Waals surface area contributed by atoms with Crippen LogP contribution in [0.1, 0.15) is 45.4 Å². The number of hydrogen-bond donors (Lipinski definition) is 2. The first kappa shape index (κ1) is 15.4. The van der Waals surface area contributed by atoms with Gasteiger partial charge in [0, 0.05) is 19.0 Å². The van der Waals surface area contributed by atoms with E-state index < -0.39 is 10.4 Å². The molecule has 0 aromatic heterocycles. The van der Waals surface area contributed by atoms with Gasteiger partial charge in [0.1, 0.15) is 17.4 Å². The lowest BCUT2D eigenvalue weighted by atomic mass is 9.97. The van der Waals surface area contributed by atoms with E-state index in [2.05, 4.69) is 10.6 Å². The third-order valence-electron chi connectivity index (χ3n) is 4.38. The van der Waals surface area contributed by atoms with Crippen molar-refractivity contribution in [3.63, 3.8) is 0 Å². The zero-order chi connectivity index (χ0) is 14.8. The number of alkyl halides is 1. The molecule has 2 fully saturated rings. The molecule has 0 heterocycles. The highest BCUT2D eigenvalue weighted by molar-refractivity contribution is 6.31. The van der Waals surface area contributed by atoms with Crippen LogP contribution in [-0.2, 0) is 14.4 Å². The van der Waals surface area contributed by atoms with Gasteiger partial charge in [0.2, 0.25) is 5.91 Å². The molecular weight excluding hydrogens is 280 g/mol. The van der Waals surface area contributed by atoms with Crippen LogP contribution < -0.4 is 10.6 Å². The lowest BCUT2D eigenvalue weighted by Gasteiger charge is -2.29. The van der Waals surface area contributed by atoms with Crippen LogP contribution in [0.5, 0.6) is 0 Å². The maximum absolute atomic E-state index is 11.5. The van der Waals surface area contributed by atoms with E-state index in [-0.39, 0.29) is 18.0 Å². The molecular formula is C14H21ClN2O3. The summed E-state index contributed by atoms with van der Waals surface area (Å²) < 4.78 is 0. The number of nitrogens with one attached hydrogen (secondary N) is 2. The van der Waals surface area contributed by atoms with Gasteiger partial charge in [-0.05, 0) is 38.5 Å². The van der Waals surface area contributed by atoms with Crippen molar-refractivity contribution in [2.24, 2.45) is 0 Å². The van der Waals surface area contributed by atoms with E-state index >= 15 is 0 Å². The van der Waals surface area contributed by atoms with Gasteiger partial charge < -0.3 is 20.2 Å². The molecule has 112 valence electrons. The SMILES string of the molecule is CC(=O)NC1CCC(C=O)(NC2CCC(Cl)(C=O)C2)C1. The van der Waals surface area contributed by atoms with Crippen molar-refractivity contribution in [1.82, 2.24) is 10.6 Å². The largest absolute Gasteiger partial charge is 0.354 e. The second-order valence-electron chi connectivity index (χ2n) is 6.15. The summed E-state index contributed by atoms with van der Waals surface area (Å²) in [5, 5.41) is 6.23. The summed E-state index contributed by atoms with van der Waals surface area (Å²) in [6.07, 6.45) is 5.83. The third-order valence-corrected chi connectivity index (χ3v) is 4.81. The minimum Gasteiger partial charge on any atom is -0.354 e. The summed E-state index contributed by atoms with van der Waals surface area (Å²) in [7, 11) is 0. The highest BCUT2D eigenvalue weighted by Crippen LogP contribution is 2.37. The highest BCUT2D eigenvalue weighted by atomic mass is 35.5. The molecule has 1 amide bonds. The van der Waals surface area contributed by atoms with Crippen LogP contribution in [0.4, 0.5) is 0 Å². The summed E-state index contributed by atoms with van der Waals surface area (Å²) in [6, 6.07) is 0.123. The molecule has 6 heteroatoms. The minimum absolute atomic E-state index is 0.0402. The number of carbonyl (C=O) groups excluding carboxylic acids is 3. The molecule has 4 unspecified atom stereocenters. The molecule has 2 saturated carbocycles. The average Bonchev–Trinajstić information content (AvgIpc) is 2.95. The van der Waals surface area contributed by atoms with E-state index in [1.165, 1.54) is 6.92 Å². The molecule has 20 heavy (non-hydrogen) atoms. The van der Waals surface area contributed by atoms with E-state index in [0.717, 1.165) is 25.4 Å². The highest BCUT2D eigenvalue weighted by Gasteiger charge is 2.44. The third kappa shape index (κ3) is 3.38. The first-order valence-electron chi connectivity index (χ1n) is 7.07. The average molecular weight is 301 g/mol. The van der Waals surface area contributed by atoms with Gasteiger partial charge in [0.05, 0.1) is 5.54 Å². The fraction of sp³-hybridized carbons (Fsp3) is 0.786. The van der Waals surface area contributed by atoms with Crippen LogP contribution >= 0.6 is 11.6 Å². The van der Waals surface area contributed by atoms with Crippen molar-refractivity contribution in [3.8, 4) is 0 Å². The Morgan fingerprint density at radius 2 is 1.85 bits per heavy atom. The smallest absolute Gasteiger partial charge is 0.217 e. The number of aldehydes is 2. The zero-order valence-electron chi connectivity index (χ0n) is 11.7. The molecule has 0 aliphatic heterocycles. The molecule has 4 atom stereocenters. The van der Waals surface area contributed by atoms with Gasteiger partial charge in [0.15, 0.2) is 0 Å². The van der Waals surface area contributed by atoms with E-state index in [0.29, 0.717) is 25.7 Å². The fourth-order valence-electron chi connectivity index (χ4n) is 3.42. The van der Waals surface area contributed by atoms with Gasteiger partial charge in [0.25, 0.3) is 0 Å². The Kier molecular flexibility index (Phi) is 4.49. The van der Waals surface area contributed by atoms with E-state index in [1.807, 2.05) is 0 Å². The first-order valence-corrected chi connectivity index (χ1v) is 7.44. The molecule has 0 spiro atoms. The van der Waals surface area contributed by atoms with E-state index in [9.17, 15) is 14.4 Å². The molecule has 2 aliphatic carbocycles. The molecule has 2 N–H and O–H groups in total. The van der Waals surface area contributed by atoms with Crippen LogP contribution in [0.15, 0.2) is 0 Å². The van der Waals surface area contributed by atoms with Crippen LogP contribution in [0.2, 0.25) is 0 Å². The Hall–Kier alpha value is -0.940. The number of rotatable bonds is 5. The lowest BCUT2D eigenvalue weighted by Crippen LogP contribution is -2.50. The van der Waals surface area contributed by atoms with Gasteiger partial charge >= 0.3 is 0 Å². The quantitative estimate of drug-likeness (QED) is 0.585. The van der Waals surface area contributed by atoms with Crippen molar-refractivity contribution >= 4 is 30.1 Å². The first-order chi connectivity index (χ1) is 9.40. The van der Waals surface area contributed by atoms with Crippen LogP contribution in [0.3, 0.4) is 0 Å². The van der Waals surface area contributed by atoms with Gasteiger partial charge in [-0.1, -0.05) is 0 Å². The standard InChI is InChI=1S/C14H21ClN2O3/c1-10(20)16-11-3-5-14(7-11,9-19)17-12-2-4-13(15,6-12)8-18/h8-9,11-12,17H,2-7H2,1H3,(H,16,20). The molecule has 5 nitrogen and oxygen atoms in total. The number of hydrogen-bond acceptors (Lipinski definition) is 4. The Labute approximate surface area is 123 Å². The second kappa shape index (κ2) is 5.82. The summed E-state index contributed by atoms with van der Waals surface area (Å²) in [4.78, 5) is 32.8. The van der Waals surface area contributed by atoms with Crippen LogP contribution in [0, 0.1) is 0 Å². The number of carbonyl (C=O) groups is 3. The topological polar surface area (TPSA) is 75.3 Å². The predicted molar refractivity (Wildman–Crippen MR) is 75.7 cm³/mol. The molecule has 0 bridgehead atoms. The summed E-state index contributed by atoms with van der Waals surface area (Å²) in [5.74, 6) is -0.0710. The van der Waals surface area contributed by atoms with Crippen LogP contribution in [-0.4, -0.2) is 41.0 Å². The van der Waals surface area contributed by atoms with Gasteiger partial charge in [-0.3, -0.25) is 4.79 Å². The fourth-order valence-corrected chi connectivity index (χ4v) is 3.72. The Morgan fingerprint density at radius 3 is 2.40 bits per heavy atom. The van der Waals surface area contributed by atoms with Crippen molar-refractivity contribution in [3.05, 3.63) is 0 Å². The molecule has 0 aromatic rings. The maximum atomic E-state index is 11.5. The number of amides is 1. The summed E-state index contributed by atoms with van der Waals surface area (Å²) in [5.41, 5.74) is -0.594. The zero-order valence-corrected chi connectivity index (χ0v) is 12.4. The molecule has 2 aliphatic rings. The Bertz CT molecular complexity index is 417. The summed E-state index contributed by atoms with van der Waals surface area (Å²) in [6.45, 7) is 1.48. The monoisotopic (exact) mass is 300 g/mol. The molecule has 0 radical (unpaired) electrons. The van der Waals surface area contributed by atoms with E-state index in [4.69, 9.17) is 11.6 Å². The molecule has 2 rings (SSSR count). The molecule has 0 aromatic carbocycles. The normalized spacial score (nSPS) is 40.5. The Balaban J connectivity index is 1.95. The predicted octanol–water partition coefficient (Wildman–Crippen LogP) is 0.931. The van der Waals surface area contributed by atoms with Crippen molar-refractivity contribution in [2.45, 2.75) is 67.9 Å². The lowest BCUT2D eigenvalue weighted by molar-refractivity contribution is -0.120.